The normalized spacial score (nSPS) is 22.2. The molecular formula is C28H29FN2O3. The van der Waals surface area contributed by atoms with Gasteiger partial charge in [0.15, 0.2) is 0 Å². The molecule has 2 fully saturated rings. The number of ether oxygens (including phenoxy) is 1. The number of carbonyl (C=O) groups excluding carboxylic acids is 1. The third kappa shape index (κ3) is 4.42. The molecule has 1 amide bonds. The number of pyridine rings is 1. The number of nitrogens with zero attached hydrogens (tertiary/aromatic N) is 2. The van der Waals surface area contributed by atoms with E-state index in [1.807, 2.05) is 38.1 Å². The first-order valence-electron chi connectivity index (χ1n) is 11.8. The van der Waals surface area contributed by atoms with Crippen LogP contribution in [0.15, 0.2) is 66.9 Å². The standard InChI is InChI=1S/C28H29FN2O3/c1-19-17-23(11-15-30-19)22-5-3-21(4-6-22)20(2)31-16-14-28(34-26(31)32,18-27(33)12-13-27)24-7-9-25(29)10-8-24/h3-11,15,17,20,33H,12-14,16,18H2,1-2H3/t20-,28-/m0/s1. The van der Waals surface area contributed by atoms with Gasteiger partial charge in [0.25, 0.3) is 0 Å². The van der Waals surface area contributed by atoms with Gasteiger partial charge in [-0.1, -0.05) is 36.4 Å². The zero-order valence-electron chi connectivity index (χ0n) is 19.5. The number of aryl methyl sites for hydroxylation is 1. The summed E-state index contributed by atoms with van der Waals surface area (Å²) in [7, 11) is 0. The van der Waals surface area contributed by atoms with E-state index in [1.165, 1.54) is 12.1 Å². The van der Waals surface area contributed by atoms with Crippen molar-refractivity contribution in [2.45, 2.75) is 56.8 Å². The van der Waals surface area contributed by atoms with Gasteiger partial charge in [-0.3, -0.25) is 4.98 Å². The lowest BCUT2D eigenvalue weighted by atomic mass is 9.82. The van der Waals surface area contributed by atoms with E-state index in [9.17, 15) is 14.3 Å². The summed E-state index contributed by atoms with van der Waals surface area (Å²) in [6, 6.07) is 18.1. The van der Waals surface area contributed by atoms with Crippen molar-refractivity contribution in [1.82, 2.24) is 9.88 Å². The largest absolute Gasteiger partial charge is 0.438 e. The first kappa shape index (κ1) is 22.5. The number of aromatic nitrogens is 1. The Morgan fingerprint density at radius 1 is 1.06 bits per heavy atom. The first-order chi connectivity index (χ1) is 16.3. The Morgan fingerprint density at radius 3 is 2.38 bits per heavy atom. The van der Waals surface area contributed by atoms with Crippen molar-refractivity contribution < 1.29 is 19.0 Å². The molecule has 5 rings (SSSR count). The second-order valence-corrected chi connectivity index (χ2v) is 9.70. The molecule has 0 radical (unpaired) electrons. The van der Waals surface area contributed by atoms with Gasteiger partial charge in [-0.25, -0.2) is 9.18 Å². The molecular weight excluding hydrogens is 431 g/mol. The van der Waals surface area contributed by atoms with Gasteiger partial charge in [-0.2, -0.15) is 0 Å². The molecule has 1 aliphatic heterocycles. The molecule has 1 saturated carbocycles. The number of aliphatic hydroxyl groups is 1. The molecule has 1 saturated heterocycles. The number of carbonyl (C=O) groups is 1. The molecule has 1 aliphatic carbocycles. The monoisotopic (exact) mass is 460 g/mol. The maximum absolute atomic E-state index is 13.5. The number of hydrogen-bond acceptors (Lipinski definition) is 4. The van der Waals surface area contributed by atoms with E-state index in [0.717, 1.165) is 27.9 Å². The number of halogens is 1. The van der Waals surface area contributed by atoms with Crippen molar-refractivity contribution in [3.8, 4) is 11.1 Å². The van der Waals surface area contributed by atoms with Crippen molar-refractivity contribution in [2.75, 3.05) is 6.54 Å². The van der Waals surface area contributed by atoms with Crippen LogP contribution in [0.4, 0.5) is 9.18 Å². The van der Waals surface area contributed by atoms with Gasteiger partial charge in [0.05, 0.1) is 11.6 Å². The second-order valence-electron chi connectivity index (χ2n) is 9.70. The van der Waals surface area contributed by atoms with Gasteiger partial charge in [0.1, 0.15) is 11.4 Å². The van der Waals surface area contributed by atoms with Crippen LogP contribution in [0.3, 0.4) is 0 Å². The summed E-state index contributed by atoms with van der Waals surface area (Å²) in [4.78, 5) is 19.2. The first-order valence-corrected chi connectivity index (χ1v) is 11.8. The fraction of sp³-hybridized carbons (Fsp3) is 0.357. The van der Waals surface area contributed by atoms with E-state index in [2.05, 4.69) is 17.1 Å². The summed E-state index contributed by atoms with van der Waals surface area (Å²) in [6.45, 7) is 4.45. The zero-order valence-corrected chi connectivity index (χ0v) is 19.5. The minimum absolute atomic E-state index is 0.170. The summed E-state index contributed by atoms with van der Waals surface area (Å²) in [6.07, 6.45) is 3.64. The van der Waals surface area contributed by atoms with Crippen LogP contribution in [0.1, 0.15) is 55.5 Å². The Kier molecular flexibility index (Phi) is 5.64. The summed E-state index contributed by atoms with van der Waals surface area (Å²) in [5, 5.41) is 10.7. The van der Waals surface area contributed by atoms with Crippen LogP contribution in [-0.2, 0) is 10.3 Å². The molecule has 2 aliphatic rings. The fourth-order valence-electron chi connectivity index (χ4n) is 4.92. The summed E-state index contributed by atoms with van der Waals surface area (Å²) in [5.41, 5.74) is 3.14. The Labute approximate surface area is 199 Å². The van der Waals surface area contributed by atoms with Gasteiger partial charge < -0.3 is 14.7 Å². The lowest BCUT2D eigenvalue weighted by Crippen LogP contribution is -2.50. The number of rotatable bonds is 6. The Hall–Kier alpha value is -3.25. The maximum atomic E-state index is 13.5. The minimum atomic E-state index is -0.949. The molecule has 176 valence electrons. The molecule has 0 unspecified atom stereocenters. The smallest absolute Gasteiger partial charge is 0.411 e. The highest BCUT2D eigenvalue weighted by Crippen LogP contribution is 2.50. The van der Waals surface area contributed by atoms with Gasteiger partial charge in [0, 0.05) is 31.3 Å². The van der Waals surface area contributed by atoms with Gasteiger partial charge >= 0.3 is 6.09 Å². The predicted molar refractivity (Wildman–Crippen MR) is 128 cm³/mol. The van der Waals surface area contributed by atoms with Gasteiger partial charge in [-0.15, -0.1) is 0 Å². The SMILES string of the molecule is Cc1cc(-c2ccc([C@H](C)N3CC[C@](CC4(O)CC4)(c4ccc(F)cc4)OC3=O)cc2)ccn1. The second kappa shape index (κ2) is 8.51. The van der Waals surface area contributed by atoms with Crippen LogP contribution in [-0.4, -0.2) is 33.2 Å². The van der Waals surface area contributed by atoms with E-state index in [0.29, 0.717) is 32.2 Å². The van der Waals surface area contributed by atoms with Crippen LogP contribution < -0.4 is 0 Å². The summed E-state index contributed by atoms with van der Waals surface area (Å²) < 4.78 is 19.6. The molecule has 3 aromatic rings. The molecule has 1 aromatic heterocycles. The number of amides is 1. The summed E-state index contributed by atoms with van der Waals surface area (Å²) in [5.74, 6) is -0.341. The Balaban J connectivity index is 1.35. The predicted octanol–water partition coefficient (Wildman–Crippen LogP) is 5.91. The van der Waals surface area contributed by atoms with Crippen LogP contribution in [0.25, 0.3) is 11.1 Å². The fourth-order valence-corrected chi connectivity index (χ4v) is 4.92. The van der Waals surface area contributed by atoms with Crippen LogP contribution in [0.5, 0.6) is 0 Å². The van der Waals surface area contributed by atoms with E-state index >= 15 is 0 Å². The minimum Gasteiger partial charge on any atom is -0.438 e. The maximum Gasteiger partial charge on any atom is 0.411 e. The van der Waals surface area contributed by atoms with Gasteiger partial charge in [0.2, 0.25) is 0 Å². The van der Waals surface area contributed by atoms with E-state index in [1.54, 1.807) is 23.2 Å². The molecule has 0 bridgehead atoms. The van der Waals surface area contributed by atoms with Crippen molar-refractivity contribution in [1.29, 1.82) is 0 Å². The number of benzene rings is 2. The molecule has 34 heavy (non-hydrogen) atoms. The average molecular weight is 461 g/mol. The molecule has 1 N–H and O–H groups in total. The van der Waals surface area contributed by atoms with E-state index in [-0.39, 0.29) is 11.9 Å². The summed E-state index contributed by atoms with van der Waals surface area (Å²) >= 11 is 0. The topological polar surface area (TPSA) is 62.7 Å². The molecule has 2 aromatic carbocycles. The van der Waals surface area contributed by atoms with Gasteiger partial charge in [-0.05, 0) is 73.2 Å². The van der Waals surface area contributed by atoms with Crippen LogP contribution in [0.2, 0.25) is 0 Å². The average Bonchev–Trinajstić information content (AvgIpc) is 3.55. The number of cyclic esters (lactones) is 1. The highest BCUT2D eigenvalue weighted by Gasteiger charge is 2.53. The van der Waals surface area contributed by atoms with E-state index < -0.39 is 17.3 Å². The molecule has 6 heteroatoms. The Morgan fingerprint density at radius 2 is 1.76 bits per heavy atom. The van der Waals surface area contributed by atoms with E-state index in [4.69, 9.17) is 4.74 Å². The van der Waals surface area contributed by atoms with Crippen LogP contribution >= 0.6 is 0 Å². The lowest BCUT2D eigenvalue weighted by molar-refractivity contribution is -0.0883. The Bertz CT molecular complexity index is 1190. The van der Waals surface area contributed by atoms with Crippen molar-refractivity contribution in [3.63, 3.8) is 0 Å². The molecule has 5 nitrogen and oxygen atoms in total. The highest BCUT2D eigenvalue weighted by molar-refractivity contribution is 5.70. The highest BCUT2D eigenvalue weighted by atomic mass is 19.1. The van der Waals surface area contributed by atoms with Crippen molar-refractivity contribution in [2.24, 2.45) is 0 Å². The molecule has 2 atom stereocenters. The third-order valence-corrected chi connectivity index (χ3v) is 7.18. The quantitative estimate of drug-likeness (QED) is 0.497. The zero-order chi connectivity index (χ0) is 23.9. The van der Waals surface area contributed by atoms with Crippen molar-refractivity contribution >= 4 is 6.09 Å². The molecule has 2 heterocycles. The number of hydrogen-bond donors (Lipinski definition) is 1. The third-order valence-electron chi connectivity index (χ3n) is 7.18. The van der Waals surface area contributed by atoms with Crippen LogP contribution in [0, 0.1) is 12.7 Å². The molecule has 0 spiro atoms. The van der Waals surface area contributed by atoms with Crippen molar-refractivity contribution in [3.05, 3.63) is 89.5 Å². The lowest BCUT2D eigenvalue weighted by Gasteiger charge is -2.44.